The van der Waals surface area contributed by atoms with Crippen LogP contribution in [-0.4, -0.2) is 24.5 Å². The van der Waals surface area contributed by atoms with Gasteiger partial charge in [0.15, 0.2) is 0 Å². The van der Waals surface area contributed by atoms with Crippen LogP contribution in [-0.2, 0) is 0 Å². The molecule has 0 bridgehead atoms. The maximum Gasteiger partial charge on any atom is 0.242 e. The van der Waals surface area contributed by atoms with Crippen LogP contribution < -0.4 is 5.73 Å². The first-order valence-corrected chi connectivity index (χ1v) is 4.97. The summed E-state index contributed by atoms with van der Waals surface area (Å²) in [6, 6.07) is 0. The summed E-state index contributed by atoms with van der Waals surface area (Å²) in [6.45, 7) is 0.128. The first kappa shape index (κ1) is 9.26. The van der Waals surface area contributed by atoms with Gasteiger partial charge in [0.1, 0.15) is 0 Å². The normalized spacial score (nSPS) is 27.8. The summed E-state index contributed by atoms with van der Waals surface area (Å²) < 4.78 is 24.5. The minimum atomic E-state index is -2.23. The molecule has 1 heterocycles. The van der Waals surface area contributed by atoms with Crippen LogP contribution in [0.15, 0.2) is 0 Å². The van der Waals surface area contributed by atoms with E-state index in [1.165, 1.54) is 0 Å². The molecule has 1 nitrogen and oxygen atoms in total. The smallest absolute Gasteiger partial charge is 0.242 e. The summed E-state index contributed by atoms with van der Waals surface area (Å²) in [5.41, 5.74) is 5.26. The van der Waals surface area contributed by atoms with Crippen LogP contribution in [0, 0.1) is 11.8 Å². The second kappa shape index (κ2) is 4.26. The van der Waals surface area contributed by atoms with E-state index in [9.17, 15) is 8.78 Å². The second-order valence-corrected chi connectivity index (χ2v) is 4.01. The molecule has 1 fully saturated rings. The number of nitrogens with two attached hydrogens (primary N) is 1. The van der Waals surface area contributed by atoms with Crippen LogP contribution in [0.25, 0.3) is 0 Å². The molecular weight excluding hydrogens is 168 g/mol. The molecule has 0 amide bonds. The monoisotopic (exact) mass is 181 g/mol. The largest absolute Gasteiger partial charge is 0.330 e. The van der Waals surface area contributed by atoms with Crippen molar-refractivity contribution in [2.45, 2.75) is 12.8 Å². The van der Waals surface area contributed by atoms with Crippen LogP contribution in [0.2, 0.25) is 0 Å². The zero-order chi connectivity index (χ0) is 8.27. The van der Waals surface area contributed by atoms with Gasteiger partial charge in [-0.15, -0.1) is 0 Å². The summed E-state index contributed by atoms with van der Waals surface area (Å²) in [4.78, 5) is 0. The van der Waals surface area contributed by atoms with Gasteiger partial charge >= 0.3 is 0 Å². The molecule has 0 aromatic heterocycles. The van der Waals surface area contributed by atoms with E-state index in [2.05, 4.69) is 0 Å². The lowest BCUT2D eigenvalue weighted by Crippen LogP contribution is -2.29. The first-order chi connectivity index (χ1) is 5.25. The van der Waals surface area contributed by atoms with Gasteiger partial charge in [0, 0.05) is 12.5 Å². The first-order valence-electron chi connectivity index (χ1n) is 3.81. The van der Waals surface area contributed by atoms with Crippen molar-refractivity contribution in [3.8, 4) is 0 Å². The maximum absolute atomic E-state index is 12.3. The lowest BCUT2D eigenvalue weighted by Gasteiger charge is -2.19. The van der Waals surface area contributed by atoms with Crippen LogP contribution in [0.5, 0.6) is 0 Å². The van der Waals surface area contributed by atoms with Gasteiger partial charge in [-0.25, -0.2) is 8.78 Å². The SMILES string of the molecule is NCC(C(F)F)C1CCSC1. The molecule has 0 radical (unpaired) electrons. The second-order valence-electron chi connectivity index (χ2n) is 2.86. The Labute approximate surface area is 69.7 Å². The molecule has 0 aliphatic carbocycles. The van der Waals surface area contributed by atoms with E-state index in [0.29, 0.717) is 0 Å². The van der Waals surface area contributed by atoms with Crippen molar-refractivity contribution in [3.05, 3.63) is 0 Å². The summed E-state index contributed by atoms with van der Waals surface area (Å²) >= 11 is 1.75. The highest BCUT2D eigenvalue weighted by atomic mass is 32.2. The standard InChI is InChI=1S/C7H13F2NS/c8-7(9)6(3-10)5-1-2-11-4-5/h5-7H,1-4,10H2. The number of halogens is 2. The Balaban J connectivity index is 2.40. The van der Waals surface area contributed by atoms with E-state index in [1.807, 2.05) is 0 Å². The lowest BCUT2D eigenvalue weighted by atomic mass is 9.92. The van der Waals surface area contributed by atoms with Crippen molar-refractivity contribution >= 4 is 11.8 Å². The van der Waals surface area contributed by atoms with Crippen molar-refractivity contribution < 1.29 is 8.78 Å². The molecule has 1 saturated heterocycles. The van der Waals surface area contributed by atoms with Gasteiger partial charge < -0.3 is 5.73 Å². The van der Waals surface area contributed by atoms with Gasteiger partial charge in [-0.05, 0) is 23.8 Å². The lowest BCUT2D eigenvalue weighted by molar-refractivity contribution is 0.0543. The molecule has 4 heteroatoms. The van der Waals surface area contributed by atoms with Gasteiger partial charge in [0.05, 0.1) is 0 Å². The van der Waals surface area contributed by atoms with E-state index >= 15 is 0 Å². The Kier molecular flexibility index (Phi) is 3.59. The number of hydrogen-bond donors (Lipinski definition) is 1. The zero-order valence-electron chi connectivity index (χ0n) is 6.30. The Morgan fingerprint density at radius 3 is 2.64 bits per heavy atom. The fourth-order valence-corrected chi connectivity index (χ4v) is 2.74. The molecule has 0 saturated carbocycles. The third-order valence-corrected chi connectivity index (χ3v) is 3.35. The summed E-state index contributed by atoms with van der Waals surface area (Å²) in [6.07, 6.45) is -1.32. The number of alkyl halides is 2. The average molecular weight is 181 g/mol. The zero-order valence-corrected chi connectivity index (χ0v) is 7.12. The van der Waals surface area contributed by atoms with Crippen molar-refractivity contribution in [1.82, 2.24) is 0 Å². The van der Waals surface area contributed by atoms with Gasteiger partial charge in [-0.1, -0.05) is 0 Å². The highest BCUT2D eigenvalue weighted by Crippen LogP contribution is 2.32. The predicted molar refractivity (Wildman–Crippen MR) is 44.0 cm³/mol. The van der Waals surface area contributed by atoms with Crippen molar-refractivity contribution in [1.29, 1.82) is 0 Å². The van der Waals surface area contributed by atoms with Gasteiger partial charge in [0.25, 0.3) is 0 Å². The molecule has 2 N–H and O–H groups in total. The Morgan fingerprint density at radius 1 is 1.55 bits per heavy atom. The van der Waals surface area contributed by atoms with Crippen LogP contribution in [0.3, 0.4) is 0 Å². The average Bonchev–Trinajstić information content (AvgIpc) is 2.40. The third kappa shape index (κ3) is 2.30. The van der Waals surface area contributed by atoms with Gasteiger partial charge in [-0.3, -0.25) is 0 Å². The summed E-state index contributed by atoms with van der Waals surface area (Å²) in [5.74, 6) is 1.48. The number of thioether (sulfide) groups is 1. The van der Waals surface area contributed by atoms with E-state index < -0.39 is 12.3 Å². The fraction of sp³-hybridized carbons (Fsp3) is 1.00. The van der Waals surface area contributed by atoms with Gasteiger partial charge in [0.2, 0.25) is 6.43 Å². The third-order valence-electron chi connectivity index (χ3n) is 2.17. The molecule has 1 aliphatic heterocycles. The fourth-order valence-electron chi connectivity index (χ4n) is 1.39. The minimum Gasteiger partial charge on any atom is -0.330 e. The molecule has 0 spiro atoms. The Morgan fingerprint density at radius 2 is 2.27 bits per heavy atom. The molecule has 1 aliphatic rings. The molecule has 66 valence electrons. The minimum absolute atomic E-state index is 0.128. The maximum atomic E-state index is 12.3. The van der Waals surface area contributed by atoms with E-state index in [0.717, 1.165) is 17.9 Å². The van der Waals surface area contributed by atoms with Crippen molar-refractivity contribution in [2.24, 2.45) is 17.6 Å². The summed E-state index contributed by atoms with van der Waals surface area (Å²) in [7, 11) is 0. The number of rotatable bonds is 3. The van der Waals surface area contributed by atoms with E-state index in [4.69, 9.17) is 5.73 Å². The molecular formula is C7H13F2NS. The van der Waals surface area contributed by atoms with Crippen LogP contribution >= 0.6 is 11.8 Å². The Hall–Kier alpha value is 0.170. The van der Waals surface area contributed by atoms with Crippen molar-refractivity contribution in [2.75, 3.05) is 18.1 Å². The van der Waals surface area contributed by atoms with E-state index in [1.54, 1.807) is 11.8 Å². The number of hydrogen-bond acceptors (Lipinski definition) is 2. The summed E-state index contributed by atoms with van der Waals surface area (Å²) in [5, 5.41) is 0. The highest BCUT2D eigenvalue weighted by molar-refractivity contribution is 7.99. The quantitative estimate of drug-likeness (QED) is 0.715. The van der Waals surface area contributed by atoms with E-state index in [-0.39, 0.29) is 12.5 Å². The molecule has 2 unspecified atom stereocenters. The van der Waals surface area contributed by atoms with Gasteiger partial charge in [-0.2, -0.15) is 11.8 Å². The predicted octanol–water partition coefficient (Wildman–Crippen LogP) is 1.58. The highest BCUT2D eigenvalue weighted by Gasteiger charge is 2.30. The topological polar surface area (TPSA) is 26.0 Å². The molecule has 0 aromatic carbocycles. The van der Waals surface area contributed by atoms with Crippen LogP contribution in [0.4, 0.5) is 8.78 Å². The molecule has 2 atom stereocenters. The molecule has 11 heavy (non-hydrogen) atoms. The molecule has 0 aromatic rings. The molecule has 1 rings (SSSR count). The van der Waals surface area contributed by atoms with Crippen LogP contribution in [0.1, 0.15) is 6.42 Å². The van der Waals surface area contributed by atoms with Crippen molar-refractivity contribution in [3.63, 3.8) is 0 Å². The Bertz CT molecular complexity index is 115.